The van der Waals surface area contributed by atoms with Gasteiger partial charge in [-0.3, -0.25) is 19.2 Å². The molecule has 3 aliphatic heterocycles. The van der Waals surface area contributed by atoms with Crippen LogP contribution in [0.4, 0.5) is 0 Å². The van der Waals surface area contributed by atoms with Crippen molar-refractivity contribution in [2.75, 3.05) is 19.7 Å². The third kappa shape index (κ3) is 7.06. The molecule has 3 heterocycles. The van der Waals surface area contributed by atoms with Crippen molar-refractivity contribution in [3.63, 3.8) is 0 Å². The van der Waals surface area contributed by atoms with Crippen LogP contribution in [0.3, 0.4) is 0 Å². The van der Waals surface area contributed by atoms with Gasteiger partial charge < -0.3 is 29.7 Å². The third-order valence-electron chi connectivity index (χ3n) is 9.31. The fourth-order valence-electron chi connectivity index (χ4n) is 7.82. The van der Waals surface area contributed by atoms with Gasteiger partial charge in [-0.2, -0.15) is 0 Å². The van der Waals surface area contributed by atoms with Crippen molar-refractivity contribution in [3.8, 4) is 0 Å². The zero-order valence-electron chi connectivity index (χ0n) is 28.1. The molecule has 0 saturated carbocycles. The van der Waals surface area contributed by atoms with Crippen LogP contribution < -0.4 is 5.32 Å². The van der Waals surface area contributed by atoms with E-state index in [1.807, 2.05) is 27.7 Å². The van der Waals surface area contributed by atoms with Gasteiger partial charge in [-0.1, -0.05) is 46.8 Å². The van der Waals surface area contributed by atoms with Gasteiger partial charge in [-0.25, -0.2) is 0 Å². The van der Waals surface area contributed by atoms with Crippen LogP contribution in [0.25, 0.3) is 0 Å². The van der Waals surface area contributed by atoms with Crippen LogP contribution in [0.15, 0.2) is 25.3 Å². The highest BCUT2D eigenvalue weighted by atomic mass is 16.6. The van der Waals surface area contributed by atoms with E-state index in [-0.39, 0.29) is 48.8 Å². The molecule has 0 unspecified atom stereocenters. The van der Waals surface area contributed by atoms with Gasteiger partial charge in [-0.15, -0.1) is 13.2 Å². The van der Waals surface area contributed by atoms with Gasteiger partial charge in [0.1, 0.15) is 17.7 Å². The maximum absolute atomic E-state index is 14.8. The molecule has 1 spiro atoms. The summed E-state index contributed by atoms with van der Waals surface area (Å²) in [6.45, 7) is 23.5. The molecule has 0 aromatic heterocycles. The molecule has 248 valence electrons. The van der Waals surface area contributed by atoms with Crippen molar-refractivity contribution >= 4 is 23.7 Å². The Hall–Kier alpha value is -2.72. The number of allylic oxidation sites excluding steroid dienone is 1. The second-order valence-corrected chi connectivity index (χ2v) is 15.0. The number of likely N-dealkylation sites (tertiary alicyclic amines) is 1. The molecule has 0 radical (unpaired) electrons. The molecule has 44 heavy (non-hydrogen) atoms. The lowest BCUT2D eigenvalue weighted by Gasteiger charge is -2.46. The Balaban J connectivity index is 1.98. The number of esters is 1. The van der Waals surface area contributed by atoms with E-state index < -0.39 is 53.2 Å². The van der Waals surface area contributed by atoms with E-state index in [0.717, 1.165) is 0 Å². The van der Waals surface area contributed by atoms with Crippen molar-refractivity contribution in [1.82, 2.24) is 15.1 Å². The van der Waals surface area contributed by atoms with E-state index in [0.29, 0.717) is 32.1 Å². The summed E-state index contributed by atoms with van der Waals surface area (Å²) >= 11 is 0. The average Bonchev–Trinajstić information content (AvgIpc) is 3.55. The van der Waals surface area contributed by atoms with Gasteiger partial charge in [0.2, 0.25) is 17.7 Å². The fourth-order valence-corrected chi connectivity index (χ4v) is 7.82. The molecule has 0 aromatic rings. The van der Waals surface area contributed by atoms with E-state index >= 15 is 0 Å². The second kappa shape index (κ2) is 13.7. The van der Waals surface area contributed by atoms with E-state index in [1.165, 1.54) is 4.90 Å². The third-order valence-corrected chi connectivity index (χ3v) is 9.31. The number of fused-ring (bicyclic) bond motifs is 1. The Labute approximate surface area is 263 Å². The summed E-state index contributed by atoms with van der Waals surface area (Å²) < 4.78 is 12.4. The zero-order valence-corrected chi connectivity index (χ0v) is 28.1. The van der Waals surface area contributed by atoms with E-state index in [2.05, 4.69) is 39.2 Å². The highest BCUT2D eigenvalue weighted by Gasteiger charge is 2.76. The number of carbonyl (C=O) groups is 4. The maximum atomic E-state index is 14.8. The second-order valence-electron chi connectivity index (χ2n) is 15.0. The Kier molecular flexibility index (Phi) is 11.2. The molecule has 0 aliphatic carbocycles. The lowest BCUT2D eigenvalue weighted by atomic mass is 9.70. The number of carbonyl (C=O) groups excluding carboxylic acids is 4. The summed E-state index contributed by atoms with van der Waals surface area (Å²) in [7, 11) is 0. The average molecular weight is 618 g/mol. The molecule has 10 heteroatoms. The number of amides is 3. The summed E-state index contributed by atoms with van der Waals surface area (Å²) in [5.41, 5.74) is -1.88. The Morgan fingerprint density at radius 2 is 1.84 bits per heavy atom. The molecule has 3 amide bonds. The molecule has 7 atom stereocenters. The highest BCUT2D eigenvalue weighted by molar-refractivity contribution is 5.98. The smallest absolute Gasteiger partial charge is 0.312 e. The van der Waals surface area contributed by atoms with Crippen molar-refractivity contribution in [1.29, 1.82) is 0 Å². The number of aliphatic hydroxyl groups excluding tert-OH is 1. The molecule has 3 saturated heterocycles. The van der Waals surface area contributed by atoms with Gasteiger partial charge in [-0.05, 0) is 57.8 Å². The summed E-state index contributed by atoms with van der Waals surface area (Å²) in [5.74, 6) is -3.33. The Bertz CT molecular complexity index is 1110. The van der Waals surface area contributed by atoms with Crippen molar-refractivity contribution in [2.24, 2.45) is 23.2 Å². The molecule has 2 N–H and O–H groups in total. The van der Waals surface area contributed by atoms with Crippen molar-refractivity contribution < 1.29 is 33.8 Å². The fraction of sp³-hybridized carbons (Fsp3) is 0.765. The maximum Gasteiger partial charge on any atom is 0.312 e. The first-order valence-electron chi connectivity index (χ1n) is 16.1. The normalized spacial score (nSPS) is 27.6. The first kappa shape index (κ1) is 35.8. The summed E-state index contributed by atoms with van der Waals surface area (Å²) in [5, 5.41) is 13.3. The van der Waals surface area contributed by atoms with Gasteiger partial charge in [0, 0.05) is 18.5 Å². The number of hydrogen-bond acceptors (Lipinski definition) is 7. The van der Waals surface area contributed by atoms with Crippen LogP contribution >= 0.6 is 0 Å². The quantitative estimate of drug-likeness (QED) is 0.212. The van der Waals surface area contributed by atoms with E-state index in [4.69, 9.17) is 9.47 Å². The largest absolute Gasteiger partial charge is 0.460 e. The lowest BCUT2D eigenvalue weighted by molar-refractivity contribution is -0.161. The zero-order chi connectivity index (χ0) is 33.2. The van der Waals surface area contributed by atoms with Crippen LogP contribution in [0.5, 0.6) is 0 Å². The summed E-state index contributed by atoms with van der Waals surface area (Å²) in [6.07, 6.45) is 4.65. The number of aliphatic hydroxyl groups is 1. The molecular weight excluding hydrogens is 562 g/mol. The summed E-state index contributed by atoms with van der Waals surface area (Å²) in [6, 6.07) is -1.65. The molecule has 3 aliphatic rings. The molecule has 10 nitrogen and oxygen atoms in total. The Morgan fingerprint density at radius 1 is 1.18 bits per heavy atom. The first-order valence-corrected chi connectivity index (χ1v) is 16.1. The first-order chi connectivity index (χ1) is 20.5. The van der Waals surface area contributed by atoms with Crippen LogP contribution in [-0.4, -0.2) is 93.7 Å². The summed E-state index contributed by atoms with van der Waals surface area (Å²) in [4.78, 5) is 58.3. The highest BCUT2D eigenvalue weighted by Crippen LogP contribution is 2.59. The number of hydrogen-bond donors (Lipinski definition) is 2. The number of nitrogens with zero attached hydrogens (tertiary/aromatic N) is 2. The number of ether oxygens (including phenoxy) is 2. The number of nitrogens with one attached hydrogen (secondary N) is 1. The van der Waals surface area contributed by atoms with Gasteiger partial charge >= 0.3 is 5.97 Å². The SMILES string of the molecule is C=CCCC(=O)NC[C@H](C)OC(=O)[C@@H]1[C@H]2C(=O)N([C@@H](CO)C(C)C)[C@H](C(=O)N(CC=C)C(C)(C)CC(C)(C)C)[C@]23CC[C@H]1O3. The van der Waals surface area contributed by atoms with Crippen LogP contribution in [0.2, 0.25) is 0 Å². The van der Waals surface area contributed by atoms with Crippen molar-refractivity contribution in [2.45, 2.75) is 123 Å². The molecule has 3 fully saturated rings. The minimum atomic E-state index is -1.22. The van der Waals surface area contributed by atoms with Gasteiger partial charge in [0.15, 0.2) is 0 Å². The lowest BCUT2D eigenvalue weighted by Crippen LogP contribution is -2.63. The van der Waals surface area contributed by atoms with E-state index in [1.54, 1.807) is 24.0 Å². The topological polar surface area (TPSA) is 125 Å². The number of rotatable bonds is 15. The van der Waals surface area contributed by atoms with Crippen molar-refractivity contribution in [3.05, 3.63) is 25.3 Å². The van der Waals surface area contributed by atoms with Crippen LogP contribution in [0, 0.1) is 23.2 Å². The van der Waals surface area contributed by atoms with Gasteiger partial charge in [0.25, 0.3) is 0 Å². The van der Waals surface area contributed by atoms with Crippen LogP contribution in [-0.2, 0) is 28.7 Å². The molecular formula is C34H55N3O7. The minimum absolute atomic E-state index is 0.0836. The predicted octanol–water partition coefficient (Wildman–Crippen LogP) is 3.62. The minimum Gasteiger partial charge on any atom is -0.460 e. The standard InChI is InChI=1S/C34H55N3O7/c1-11-13-14-25(39)35-18-22(5)43-31(42)26-24-15-16-34(44-24)27(26)29(40)37(23(19-38)21(3)4)28(34)30(41)36(17-12-2)33(9,10)20-32(6,7)8/h11-12,21-24,26-28,38H,1-2,13-20H2,3-10H3,(H,35,39)/t22-,23-,24+,26-,27-,28+,34-/m0/s1. The van der Waals surface area contributed by atoms with E-state index in [9.17, 15) is 24.3 Å². The Morgan fingerprint density at radius 3 is 2.39 bits per heavy atom. The van der Waals surface area contributed by atoms with Crippen LogP contribution in [0.1, 0.15) is 87.5 Å². The molecule has 0 aromatic carbocycles. The predicted molar refractivity (Wildman–Crippen MR) is 168 cm³/mol. The molecule has 2 bridgehead atoms. The van der Waals surface area contributed by atoms with Gasteiger partial charge in [0.05, 0.1) is 37.1 Å². The molecule has 3 rings (SSSR count). The monoisotopic (exact) mass is 617 g/mol.